The summed E-state index contributed by atoms with van der Waals surface area (Å²) in [5.74, 6) is 1.56. The SMILES string of the molecule is CC(NCc1nc(-c2ccco2)no1)c1cn2ccsc2n1. The smallest absolute Gasteiger partial charge is 0.241 e. The summed E-state index contributed by atoms with van der Waals surface area (Å²) in [5.41, 5.74) is 0.984. The molecule has 0 amide bonds. The number of hydrogen-bond acceptors (Lipinski definition) is 7. The summed E-state index contributed by atoms with van der Waals surface area (Å²) >= 11 is 1.61. The van der Waals surface area contributed by atoms with E-state index in [0.717, 1.165) is 10.7 Å². The molecule has 0 saturated carbocycles. The summed E-state index contributed by atoms with van der Waals surface area (Å²) in [7, 11) is 0. The zero-order valence-corrected chi connectivity index (χ0v) is 12.6. The molecule has 0 radical (unpaired) electrons. The van der Waals surface area contributed by atoms with Gasteiger partial charge >= 0.3 is 0 Å². The summed E-state index contributed by atoms with van der Waals surface area (Å²) in [6.45, 7) is 2.52. The minimum Gasteiger partial charge on any atom is -0.461 e. The highest BCUT2D eigenvalue weighted by molar-refractivity contribution is 7.15. The molecule has 0 aliphatic rings. The molecule has 4 heterocycles. The van der Waals surface area contributed by atoms with Gasteiger partial charge in [-0.2, -0.15) is 4.98 Å². The average molecular weight is 315 g/mol. The molecule has 1 atom stereocenters. The maximum absolute atomic E-state index is 5.24. The molecule has 0 aromatic carbocycles. The number of imidazole rings is 1. The van der Waals surface area contributed by atoms with E-state index in [9.17, 15) is 0 Å². The van der Waals surface area contributed by atoms with Crippen molar-refractivity contribution in [2.45, 2.75) is 19.5 Å². The van der Waals surface area contributed by atoms with Crippen LogP contribution in [0.1, 0.15) is 24.6 Å². The lowest BCUT2D eigenvalue weighted by Crippen LogP contribution is -2.18. The zero-order valence-electron chi connectivity index (χ0n) is 11.8. The Kier molecular flexibility index (Phi) is 3.24. The molecule has 4 aromatic heterocycles. The van der Waals surface area contributed by atoms with E-state index < -0.39 is 0 Å². The molecule has 0 aliphatic heterocycles. The van der Waals surface area contributed by atoms with Crippen LogP contribution in [0.4, 0.5) is 0 Å². The van der Waals surface area contributed by atoms with Crippen LogP contribution >= 0.6 is 11.3 Å². The van der Waals surface area contributed by atoms with Crippen LogP contribution in [0.5, 0.6) is 0 Å². The fourth-order valence-electron chi connectivity index (χ4n) is 2.13. The Bertz CT molecular complexity index is 848. The Morgan fingerprint density at radius 2 is 2.36 bits per heavy atom. The Hall–Kier alpha value is -2.45. The Labute approximate surface area is 129 Å². The molecule has 1 N–H and O–H groups in total. The van der Waals surface area contributed by atoms with Crippen molar-refractivity contribution < 1.29 is 8.94 Å². The lowest BCUT2D eigenvalue weighted by molar-refractivity contribution is 0.359. The third-order valence-electron chi connectivity index (χ3n) is 3.32. The van der Waals surface area contributed by atoms with Crippen LogP contribution in [0.25, 0.3) is 16.5 Å². The van der Waals surface area contributed by atoms with E-state index in [1.807, 2.05) is 22.2 Å². The van der Waals surface area contributed by atoms with Gasteiger partial charge in [0.1, 0.15) is 0 Å². The molecule has 112 valence electrons. The highest BCUT2D eigenvalue weighted by Gasteiger charge is 2.14. The molecule has 4 rings (SSSR count). The van der Waals surface area contributed by atoms with Crippen molar-refractivity contribution in [3.63, 3.8) is 0 Å². The van der Waals surface area contributed by atoms with Crippen molar-refractivity contribution in [1.82, 2.24) is 24.8 Å². The topological polar surface area (TPSA) is 81.4 Å². The fraction of sp³-hybridized carbons (Fsp3) is 0.214. The number of aromatic nitrogens is 4. The summed E-state index contributed by atoms with van der Waals surface area (Å²) in [6, 6.07) is 3.67. The molecular formula is C14H13N5O2S. The first-order chi connectivity index (χ1) is 10.8. The van der Waals surface area contributed by atoms with Gasteiger partial charge in [0.25, 0.3) is 0 Å². The van der Waals surface area contributed by atoms with E-state index in [-0.39, 0.29) is 6.04 Å². The van der Waals surface area contributed by atoms with E-state index >= 15 is 0 Å². The maximum Gasteiger partial charge on any atom is 0.241 e. The predicted molar refractivity (Wildman–Crippen MR) is 80.3 cm³/mol. The van der Waals surface area contributed by atoms with Gasteiger partial charge in [-0.05, 0) is 19.1 Å². The molecule has 0 bridgehead atoms. The molecule has 1 unspecified atom stereocenters. The fourth-order valence-corrected chi connectivity index (χ4v) is 2.84. The van der Waals surface area contributed by atoms with Crippen LogP contribution < -0.4 is 5.32 Å². The minimum absolute atomic E-state index is 0.0889. The summed E-state index contributed by atoms with van der Waals surface area (Å²) in [4.78, 5) is 9.85. The molecule has 0 saturated heterocycles. The molecule has 22 heavy (non-hydrogen) atoms. The summed E-state index contributed by atoms with van der Waals surface area (Å²) < 4.78 is 12.5. The first-order valence-corrected chi connectivity index (χ1v) is 7.69. The monoisotopic (exact) mass is 315 g/mol. The summed E-state index contributed by atoms with van der Waals surface area (Å²) in [5, 5.41) is 9.24. The second-order valence-electron chi connectivity index (χ2n) is 4.85. The first kappa shape index (κ1) is 13.2. The first-order valence-electron chi connectivity index (χ1n) is 6.81. The van der Waals surface area contributed by atoms with Gasteiger partial charge in [0, 0.05) is 23.8 Å². The van der Waals surface area contributed by atoms with Gasteiger partial charge in [-0.3, -0.25) is 4.40 Å². The highest BCUT2D eigenvalue weighted by atomic mass is 32.1. The number of rotatable bonds is 5. The largest absolute Gasteiger partial charge is 0.461 e. The van der Waals surface area contributed by atoms with Crippen molar-refractivity contribution >= 4 is 16.3 Å². The van der Waals surface area contributed by atoms with Crippen molar-refractivity contribution in [2.75, 3.05) is 0 Å². The van der Waals surface area contributed by atoms with Gasteiger partial charge in [-0.1, -0.05) is 5.16 Å². The van der Waals surface area contributed by atoms with Crippen LogP contribution in [-0.2, 0) is 6.54 Å². The quantitative estimate of drug-likeness (QED) is 0.610. The van der Waals surface area contributed by atoms with Crippen LogP contribution in [0.2, 0.25) is 0 Å². The van der Waals surface area contributed by atoms with Crippen LogP contribution in [0, 0.1) is 0 Å². The van der Waals surface area contributed by atoms with E-state index in [0.29, 0.717) is 24.0 Å². The van der Waals surface area contributed by atoms with Gasteiger partial charge in [0.05, 0.1) is 18.5 Å². The van der Waals surface area contributed by atoms with Gasteiger partial charge in [0.2, 0.25) is 11.7 Å². The van der Waals surface area contributed by atoms with Gasteiger partial charge < -0.3 is 14.3 Å². The third kappa shape index (κ3) is 2.42. The number of thiazole rings is 1. The van der Waals surface area contributed by atoms with Crippen molar-refractivity contribution in [2.24, 2.45) is 0 Å². The van der Waals surface area contributed by atoms with Crippen molar-refractivity contribution in [3.05, 3.63) is 47.8 Å². The summed E-state index contributed by atoms with van der Waals surface area (Å²) in [6.07, 6.45) is 5.60. The molecule has 0 fully saturated rings. The highest BCUT2D eigenvalue weighted by Crippen LogP contribution is 2.18. The molecule has 0 aliphatic carbocycles. The Morgan fingerprint density at radius 3 is 3.18 bits per heavy atom. The third-order valence-corrected chi connectivity index (χ3v) is 4.10. The second-order valence-corrected chi connectivity index (χ2v) is 5.72. The van der Waals surface area contributed by atoms with Crippen LogP contribution in [-0.4, -0.2) is 19.5 Å². The van der Waals surface area contributed by atoms with E-state index in [1.165, 1.54) is 0 Å². The average Bonchev–Trinajstić information content (AvgIpc) is 3.26. The van der Waals surface area contributed by atoms with Crippen molar-refractivity contribution in [1.29, 1.82) is 0 Å². The van der Waals surface area contributed by atoms with E-state index in [4.69, 9.17) is 8.94 Å². The Balaban J connectivity index is 1.42. The molecule has 0 spiro atoms. The zero-order chi connectivity index (χ0) is 14.9. The predicted octanol–water partition coefficient (Wildman–Crippen LogP) is 2.89. The second kappa shape index (κ2) is 5.39. The van der Waals surface area contributed by atoms with Gasteiger partial charge in [0.15, 0.2) is 10.7 Å². The standard InChI is InChI=1S/C14H13N5O2S/c1-9(10-8-19-4-6-22-14(19)16-10)15-7-12-17-13(18-21-12)11-3-2-5-20-11/h2-6,8-9,15H,7H2,1H3. The number of nitrogens with one attached hydrogen (secondary N) is 1. The van der Waals surface area contributed by atoms with Crippen LogP contribution in [0.3, 0.4) is 0 Å². The lowest BCUT2D eigenvalue weighted by Gasteiger charge is -2.08. The molecular weight excluding hydrogens is 302 g/mol. The van der Waals surface area contributed by atoms with E-state index in [2.05, 4.69) is 27.4 Å². The number of hydrogen-bond donors (Lipinski definition) is 1. The minimum atomic E-state index is 0.0889. The number of fused-ring (bicyclic) bond motifs is 1. The molecule has 8 heteroatoms. The maximum atomic E-state index is 5.24. The van der Waals surface area contributed by atoms with Gasteiger partial charge in [-0.15, -0.1) is 11.3 Å². The normalized spacial score (nSPS) is 13.0. The molecule has 4 aromatic rings. The molecule has 7 nitrogen and oxygen atoms in total. The number of furan rings is 1. The Morgan fingerprint density at radius 1 is 1.41 bits per heavy atom. The van der Waals surface area contributed by atoms with Crippen LogP contribution in [0.15, 0.2) is 45.1 Å². The van der Waals surface area contributed by atoms with Crippen molar-refractivity contribution in [3.8, 4) is 11.6 Å². The van der Waals surface area contributed by atoms with Gasteiger partial charge in [-0.25, -0.2) is 4.98 Å². The van der Waals surface area contributed by atoms with E-state index in [1.54, 1.807) is 29.7 Å². The number of nitrogens with zero attached hydrogens (tertiary/aromatic N) is 4. The lowest BCUT2D eigenvalue weighted by atomic mass is 10.2.